The van der Waals surface area contributed by atoms with Crippen LogP contribution in [0.2, 0.25) is 0 Å². The van der Waals surface area contributed by atoms with E-state index in [2.05, 4.69) is 24.3 Å². The van der Waals surface area contributed by atoms with Gasteiger partial charge in [0.2, 0.25) is 0 Å². The molecule has 2 atom stereocenters. The number of carbonyl (C=O) groups excluding carboxylic acids is 1. The molecule has 1 saturated carbocycles. The van der Waals surface area contributed by atoms with Crippen LogP contribution in [0.1, 0.15) is 49.7 Å². The smallest absolute Gasteiger partial charge is 0.310 e. The van der Waals surface area contributed by atoms with Crippen molar-refractivity contribution in [2.75, 3.05) is 7.11 Å². The second-order valence-corrected chi connectivity index (χ2v) is 7.89. The number of halogens is 1. The molecule has 2 nitrogen and oxygen atoms in total. The van der Waals surface area contributed by atoms with Crippen molar-refractivity contribution in [2.24, 2.45) is 17.8 Å². The maximum Gasteiger partial charge on any atom is 0.310 e. The van der Waals surface area contributed by atoms with Crippen molar-refractivity contribution in [3.8, 4) is 0 Å². The molecule has 0 unspecified atom stereocenters. The van der Waals surface area contributed by atoms with E-state index in [1.807, 2.05) is 0 Å². The Morgan fingerprint density at radius 2 is 1.61 bits per heavy atom. The Hall–Kier alpha value is -1.02. The van der Waals surface area contributed by atoms with E-state index in [9.17, 15) is 4.79 Å². The Kier molecular flexibility index (Phi) is 5.63. The molecule has 0 radical (unpaired) electrons. The molecule has 1 aromatic carbocycles. The molecule has 5 aliphatic carbocycles. The van der Waals surface area contributed by atoms with Crippen LogP contribution in [0.3, 0.4) is 0 Å². The van der Waals surface area contributed by atoms with E-state index in [0.29, 0.717) is 5.92 Å². The highest BCUT2D eigenvalue weighted by Gasteiger charge is 2.32. The van der Waals surface area contributed by atoms with Crippen molar-refractivity contribution in [3.05, 3.63) is 35.4 Å². The third-order valence-corrected chi connectivity index (χ3v) is 6.25. The van der Waals surface area contributed by atoms with Crippen LogP contribution in [0.5, 0.6) is 0 Å². The van der Waals surface area contributed by atoms with Gasteiger partial charge in [0.05, 0.1) is 18.4 Å². The molecule has 23 heavy (non-hydrogen) atoms. The fourth-order valence-electron chi connectivity index (χ4n) is 4.24. The number of benzene rings is 1. The topological polar surface area (TPSA) is 26.3 Å². The molecular weight excluding hydrogens is 308 g/mol. The SMILES string of the molecule is COC(=O)[C@H]1CC2CCC(CCc3ccc(cc3)C[C@@H]1Cl)CC2. The van der Waals surface area contributed by atoms with Gasteiger partial charge in [-0.05, 0) is 48.6 Å². The number of ether oxygens (including phenoxy) is 1. The highest BCUT2D eigenvalue weighted by Crippen LogP contribution is 2.37. The number of rotatable bonds is 1. The predicted molar refractivity (Wildman–Crippen MR) is 93.7 cm³/mol. The second kappa shape index (κ2) is 7.70. The van der Waals surface area contributed by atoms with E-state index in [1.54, 1.807) is 0 Å². The Morgan fingerprint density at radius 3 is 2.26 bits per heavy atom. The van der Waals surface area contributed by atoms with E-state index in [0.717, 1.165) is 18.8 Å². The van der Waals surface area contributed by atoms with E-state index in [1.165, 1.54) is 56.8 Å². The van der Waals surface area contributed by atoms with Gasteiger partial charge in [-0.3, -0.25) is 4.79 Å². The molecular formula is C20H27ClO2. The lowest BCUT2D eigenvalue weighted by Gasteiger charge is -2.32. The van der Waals surface area contributed by atoms with Crippen molar-refractivity contribution in [2.45, 2.75) is 56.7 Å². The van der Waals surface area contributed by atoms with Crippen LogP contribution in [-0.2, 0) is 22.4 Å². The molecule has 5 aliphatic rings. The van der Waals surface area contributed by atoms with Crippen molar-refractivity contribution in [1.29, 1.82) is 0 Å². The summed E-state index contributed by atoms with van der Waals surface area (Å²) in [6, 6.07) is 8.79. The summed E-state index contributed by atoms with van der Waals surface area (Å²) >= 11 is 6.66. The summed E-state index contributed by atoms with van der Waals surface area (Å²) in [5.41, 5.74) is 2.63. The van der Waals surface area contributed by atoms with Crippen molar-refractivity contribution in [1.82, 2.24) is 0 Å². The number of methoxy groups -OCH3 is 1. The third kappa shape index (κ3) is 4.29. The molecule has 0 heterocycles. The Bertz CT molecular complexity index is 517. The van der Waals surface area contributed by atoms with Gasteiger partial charge in [-0.1, -0.05) is 49.9 Å². The summed E-state index contributed by atoms with van der Waals surface area (Å²) in [4.78, 5) is 12.2. The first-order chi connectivity index (χ1) is 11.2. The number of esters is 1. The monoisotopic (exact) mass is 334 g/mol. The average molecular weight is 335 g/mol. The van der Waals surface area contributed by atoms with Gasteiger partial charge in [-0.15, -0.1) is 11.6 Å². The minimum absolute atomic E-state index is 0.143. The number of aryl methyl sites for hydroxylation is 1. The van der Waals surface area contributed by atoms with Gasteiger partial charge < -0.3 is 4.74 Å². The first kappa shape index (κ1) is 16.8. The molecule has 0 aliphatic heterocycles. The van der Waals surface area contributed by atoms with Gasteiger partial charge in [-0.2, -0.15) is 0 Å². The van der Waals surface area contributed by atoms with Crippen LogP contribution in [-0.4, -0.2) is 18.5 Å². The molecule has 1 aromatic rings. The Morgan fingerprint density at radius 1 is 1.00 bits per heavy atom. The largest absolute Gasteiger partial charge is 0.469 e. The number of hydrogen-bond donors (Lipinski definition) is 0. The average Bonchev–Trinajstić information content (AvgIpc) is 2.59. The maximum absolute atomic E-state index is 12.2. The number of hydrogen-bond acceptors (Lipinski definition) is 2. The fraction of sp³-hybridized carbons (Fsp3) is 0.650. The molecule has 0 amide bonds. The second-order valence-electron chi connectivity index (χ2n) is 7.33. The Balaban J connectivity index is 1.83. The summed E-state index contributed by atoms with van der Waals surface area (Å²) < 4.78 is 5.04. The van der Waals surface area contributed by atoms with Crippen LogP contribution in [0.15, 0.2) is 24.3 Å². The van der Waals surface area contributed by atoms with Gasteiger partial charge >= 0.3 is 5.97 Å². The molecule has 0 saturated heterocycles. The van der Waals surface area contributed by atoms with Gasteiger partial charge in [0.15, 0.2) is 0 Å². The molecule has 6 rings (SSSR count). The van der Waals surface area contributed by atoms with Crippen molar-refractivity contribution < 1.29 is 9.53 Å². The van der Waals surface area contributed by atoms with E-state index in [-0.39, 0.29) is 17.3 Å². The normalized spacial score (nSPS) is 31.6. The zero-order chi connectivity index (χ0) is 16.2. The quantitative estimate of drug-likeness (QED) is 0.546. The molecule has 126 valence electrons. The van der Waals surface area contributed by atoms with Gasteiger partial charge in [0.1, 0.15) is 0 Å². The number of carbonyl (C=O) groups is 1. The standard InChI is InChI=1S/C20H27ClO2/c1-23-20(22)18-12-16-8-4-14(5-9-16)2-3-15-6-10-17(11-7-15)13-19(18)21/h6-7,10-11,14,16,18-19H,2-5,8-9,12-13H2,1H3/t14?,16?,18-,19-/m0/s1. The van der Waals surface area contributed by atoms with Crippen molar-refractivity contribution >= 4 is 17.6 Å². The first-order valence-electron chi connectivity index (χ1n) is 8.95. The fourth-order valence-corrected chi connectivity index (χ4v) is 4.62. The molecule has 1 fully saturated rings. The van der Waals surface area contributed by atoms with E-state index >= 15 is 0 Å². The van der Waals surface area contributed by atoms with Gasteiger partial charge in [0, 0.05) is 0 Å². The number of alkyl halides is 1. The molecule has 4 bridgehead atoms. The molecule has 0 spiro atoms. The van der Waals surface area contributed by atoms with E-state index < -0.39 is 0 Å². The Labute approximate surface area is 144 Å². The summed E-state index contributed by atoms with van der Waals surface area (Å²) in [5.74, 6) is 1.14. The lowest BCUT2D eigenvalue weighted by molar-refractivity contribution is -0.146. The van der Waals surface area contributed by atoms with Crippen LogP contribution in [0.25, 0.3) is 0 Å². The minimum Gasteiger partial charge on any atom is -0.469 e. The molecule has 0 aromatic heterocycles. The highest BCUT2D eigenvalue weighted by molar-refractivity contribution is 6.22. The van der Waals surface area contributed by atoms with Crippen LogP contribution in [0.4, 0.5) is 0 Å². The summed E-state index contributed by atoms with van der Waals surface area (Å²) in [7, 11) is 1.48. The zero-order valence-electron chi connectivity index (χ0n) is 14.0. The lowest BCUT2D eigenvalue weighted by Crippen LogP contribution is -2.31. The van der Waals surface area contributed by atoms with E-state index in [4.69, 9.17) is 16.3 Å². The summed E-state index contributed by atoms with van der Waals surface area (Å²) in [6.45, 7) is 0. The minimum atomic E-state index is -0.189. The third-order valence-electron chi connectivity index (χ3n) is 5.79. The molecule has 3 heteroatoms. The zero-order valence-corrected chi connectivity index (χ0v) is 14.7. The predicted octanol–water partition coefficient (Wildman–Crippen LogP) is 4.77. The maximum atomic E-state index is 12.2. The van der Waals surface area contributed by atoms with Gasteiger partial charge in [-0.25, -0.2) is 0 Å². The molecule has 0 N–H and O–H groups in total. The summed E-state index contributed by atoms with van der Waals surface area (Å²) in [6.07, 6.45) is 9.16. The van der Waals surface area contributed by atoms with Crippen molar-refractivity contribution in [3.63, 3.8) is 0 Å². The first-order valence-corrected chi connectivity index (χ1v) is 9.39. The lowest BCUT2D eigenvalue weighted by atomic mass is 9.75. The van der Waals surface area contributed by atoms with Crippen LogP contribution >= 0.6 is 11.6 Å². The highest BCUT2D eigenvalue weighted by atomic mass is 35.5. The van der Waals surface area contributed by atoms with Gasteiger partial charge in [0.25, 0.3) is 0 Å². The van der Waals surface area contributed by atoms with Crippen LogP contribution in [0, 0.1) is 17.8 Å². The van der Waals surface area contributed by atoms with Crippen LogP contribution < -0.4 is 0 Å². The summed E-state index contributed by atoms with van der Waals surface area (Å²) in [5, 5.41) is -0.186.